The molecule has 64 valence electrons. The van der Waals surface area contributed by atoms with Gasteiger partial charge in [-0.05, 0) is 17.7 Å². The van der Waals surface area contributed by atoms with Gasteiger partial charge in [-0.3, -0.25) is 0 Å². The van der Waals surface area contributed by atoms with Gasteiger partial charge in [0, 0.05) is 25.5 Å². The Bertz CT molecular complexity index is 299. The molecule has 0 saturated heterocycles. The fourth-order valence-corrected chi connectivity index (χ4v) is 0.856. The first-order chi connectivity index (χ1) is 5.72. The molecule has 0 aromatic carbocycles. The number of hydrogen-bond acceptors (Lipinski definition) is 2. The Kier molecular flexibility index (Phi) is 2.69. The maximum Gasteiger partial charge on any atom is 0.330 e. The van der Waals surface area contributed by atoms with Crippen molar-refractivity contribution in [3.8, 4) is 0 Å². The summed E-state index contributed by atoms with van der Waals surface area (Å²) in [6.07, 6.45) is 6.94. The first kappa shape index (κ1) is 8.59. The van der Waals surface area contributed by atoms with Gasteiger partial charge >= 0.3 is 5.97 Å². The second kappa shape index (κ2) is 3.76. The SMILES string of the molecule is COC(=O)C=Cc1ccn(C)c1. The van der Waals surface area contributed by atoms with Gasteiger partial charge in [-0.25, -0.2) is 4.79 Å². The summed E-state index contributed by atoms with van der Waals surface area (Å²) in [6.45, 7) is 0. The summed E-state index contributed by atoms with van der Waals surface area (Å²) in [4.78, 5) is 10.7. The molecule has 0 N–H and O–H groups in total. The molecule has 0 atom stereocenters. The van der Waals surface area contributed by atoms with Gasteiger partial charge in [0.1, 0.15) is 0 Å². The summed E-state index contributed by atoms with van der Waals surface area (Å²) in [5, 5.41) is 0. The van der Waals surface area contributed by atoms with E-state index < -0.39 is 0 Å². The molecule has 0 amide bonds. The fraction of sp³-hybridized carbons (Fsp3) is 0.222. The standard InChI is InChI=1S/C9H11NO2/c1-10-6-5-8(7-10)3-4-9(11)12-2/h3-7H,1-2H3. The lowest BCUT2D eigenvalue weighted by Crippen LogP contribution is -1.92. The number of carbonyl (C=O) groups excluding carboxylic acids is 1. The van der Waals surface area contributed by atoms with Gasteiger partial charge in [0.15, 0.2) is 0 Å². The molecule has 0 aliphatic heterocycles. The molecule has 12 heavy (non-hydrogen) atoms. The van der Waals surface area contributed by atoms with E-state index in [1.54, 1.807) is 6.08 Å². The van der Waals surface area contributed by atoms with Crippen LogP contribution in [0.15, 0.2) is 24.5 Å². The van der Waals surface area contributed by atoms with Crippen molar-refractivity contribution in [2.45, 2.75) is 0 Å². The predicted molar refractivity (Wildman–Crippen MR) is 46.5 cm³/mol. The average Bonchev–Trinajstić information content (AvgIpc) is 2.47. The average molecular weight is 165 g/mol. The number of hydrogen-bond donors (Lipinski definition) is 0. The molecule has 1 heterocycles. The maximum absolute atomic E-state index is 10.7. The number of esters is 1. The van der Waals surface area contributed by atoms with Crippen molar-refractivity contribution in [1.29, 1.82) is 0 Å². The van der Waals surface area contributed by atoms with E-state index in [4.69, 9.17) is 0 Å². The minimum atomic E-state index is -0.334. The van der Waals surface area contributed by atoms with Crippen LogP contribution in [0.4, 0.5) is 0 Å². The van der Waals surface area contributed by atoms with Gasteiger partial charge in [-0.15, -0.1) is 0 Å². The van der Waals surface area contributed by atoms with E-state index in [1.165, 1.54) is 13.2 Å². The first-order valence-electron chi connectivity index (χ1n) is 3.60. The highest BCUT2D eigenvalue weighted by Gasteiger charge is 1.92. The molecule has 0 aliphatic rings. The van der Waals surface area contributed by atoms with Gasteiger partial charge in [0.2, 0.25) is 0 Å². The van der Waals surface area contributed by atoms with E-state index in [0.717, 1.165) is 5.56 Å². The van der Waals surface area contributed by atoms with E-state index >= 15 is 0 Å². The van der Waals surface area contributed by atoms with Crippen LogP contribution in [0.5, 0.6) is 0 Å². The molecule has 0 fully saturated rings. The number of aryl methyl sites for hydroxylation is 1. The molecule has 3 nitrogen and oxygen atoms in total. The van der Waals surface area contributed by atoms with Crippen molar-refractivity contribution in [3.63, 3.8) is 0 Å². The highest BCUT2D eigenvalue weighted by atomic mass is 16.5. The lowest BCUT2D eigenvalue weighted by molar-refractivity contribution is -0.134. The van der Waals surface area contributed by atoms with E-state index in [-0.39, 0.29) is 5.97 Å². The first-order valence-corrected chi connectivity index (χ1v) is 3.60. The van der Waals surface area contributed by atoms with Gasteiger partial charge in [0.05, 0.1) is 7.11 Å². The summed E-state index contributed by atoms with van der Waals surface area (Å²) in [5.41, 5.74) is 0.989. The third-order valence-electron chi connectivity index (χ3n) is 1.47. The van der Waals surface area contributed by atoms with E-state index in [0.29, 0.717) is 0 Å². The largest absolute Gasteiger partial charge is 0.466 e. The zero-order valence-electron chi connectivity index (χ0n) is 7.15. The summed E-state index contributed by atoms with van der Waals surface area (Å²) in [6, 6.07) is 1.92. The summed E-state index contributed by atoms with van der Waals surface area (Å²) in [5.74, 6) is -0.334. The molecule has 1 aromatic heterocycles. The molecular weight excluding hydrogens is 154 g/mol. The van der Waals surface area contributed by atoms with Crippen molar-refractivity contribution >= 4 is 12.0 Å². The van der Waals surface area contributed by atoms with Crippen LogP contribution in [0, 0.1) is 0 Å². The van der Waals surface area contributed by atoms with Crippen LogP contribution in [0.3, 0.4) is 0 Å². The molecule has 1 aromatic rings. The van der Waals surface area contributed by atoms with Crippen molar-refractivity contribution < 1.29 is 9.53 Å². The Morgan fingerprint density at radius 3 is 2.92 bits per heavy atom. The molecule has 0 saturated carbocycles. The summed E-state index contributed by atoms with van der Waals surface area (Å²) < 4.78 is 6.36. The van der Waals surface area contributed by atoms with Crippen LogP contribution in [0.25, 0.3) is 6.08 Å². The van der Waals surface area contributed by atoms with Crippen molar-refractivity contribution in [3.05, 3.63) is 30.1 Å². The van der Waals surface area contributed by atoms with Gasteiger partial charge in [0.25, 0.3) is 0 Å². The van der Waals surface area contributed by atoms with Crippen LogP contribution in [0.2, 0.25) is 0 Å². The molecule has 0 bridgehead atoms. The summed E-state index contributed by atoms with van der Waals surface area (Å²) >= 11 is 0. The monoisotopic (exact) mass is 165 g/mol. The molecule has 1 rings (SSSR count). The number of aromatic nitrogens is 1. The number of methoxy groups -OCH3 is 1. The van der Waals surface area contributed by atoms with E-state index in [1.807, 2.05) is 30.1 Å². The summed E-state index contributed by atoms with van der Waals surface area (Å²) in [7, 11) is 3.28. The third kappa shape index (κ3) is 2.27. The highest BCUT2D eigenvalue weighted by Crippen LogP contribution is 2.01. The Morgan fingerprint density at radius 2 is 2.42 bits per heavy atom. The maximum atomic E-state index is 10.7. The number of nitrogens with zero attached hydrogens (tertiary/aromatic N) is 1. The van der Waals surface area contributed by atoms with Crippen molar-refractivity contribution in [2.24, 2.45) is 7.05 Å². The van der Waals surface area contributed by atoms with Crippen LogP contribution < -0.4 is 0 Å². The van der Waals surface area contributed by atoms with Crippen LogP contribution >= 0.6 is 0 Å². The smallest absolute Gasteiger partial charge is 0.330 e. The van der Waals surface area contributed by atoms with Gasteiger partial charge < -0.3 is 9.30 Å². The molecule has 3 heteroatoms. The number of rotatable bonds is 2. The highest BCUT2D eigenvalue weighted by molar-refractivity contribution is 5.86. The second-order valence-corrected chi connectivity index (χ2v) is 2.47. The van der Waals surface area contributed by atoms with Crippen molar-refractivity contribution in [2.75, 3.05) is 7.11 Å². The lowest BCUT2D eigenvalue weighted by atomic mass is 10.3. The van der Waals surface area contributed by atoms with Gasteiger partial charge in [-0.1, -0.05) is 0 Å². The Balaban J connectivity index is 2.63. The van der Waals surface area contributed by atoms with Crippen molar-refractivity contribution in [1.82, 2.24) is 4.57 Å². The molecule has 0 spiro atoms. The second-order valence-electron chi connectivity index (χ2n) is 2.47. The molecule has 0 radical (unpaired) electrons. The van der Waals surface area contributed by atoms with Crippen LogP contribution in [0.1, 0.15) is 5.56 Å². The van der Waals surface area contributed by atoms with E-state index in [2.05, 4.69) is 4.74 Å². The van der Waals surface area contributed by atoms with Crippen LogP contribution in [-0.4, -0.2) is 17.6 Å². The zero-order valence-corrected chi connectivity index (χ0v) is 7.15. The minimum absolute atomic E-state index is 0.334. The molecule has 0 unspecified atom stereocenters. The predicted octanol–water partition coefficient (Wildman–Crippen LogP) is 1.21. The van der Waals surface area contributed by atoms with Crippen LogP contribution in [-0.2, 0) is 16.6 Å². The normalized spacial score (nSPS) is 10.5. The minimum Gasteiger partial charge on any atom is -0.466 e. The molecular formula is C9H11NO2. The topological polar surface area (TPSA) is 31.2 Å². The zero-order chi connectivity index (χ0) is 8.97. The quantitative estimate of drug-likeness (QED) is 0.487. The number of carbonyl (C=O) groups is 1. The fourth-order valence-electron chi connectivity index (χ4n) is 0.856. The Labute approximate surface area is 71.3 Å². The third-order valence-corrected chi connectivity index (χ3v) is 1.47. The molecule has 0 aliphatic carbocycles. The Morgan fingerprint density at radius 1 is 1.67 bits per heavy atom. The Hall–Kier alpha value is -1.51. The number of ether oxygens (including phenoxy) is 1. The van der Waals surface area contributed by atoms with E-state index in [9.17, 15) is 4.79 Å². The van der Waals surface area contributed by atoms with Gasteiger partial charge in [-0.2, -0.15) is 0 Å². The lowest BCUT2D eigenvalue weighted by Gasteiger charge is -1.88.